The molecule has 1 N–H and O–H groups in total. The minimum atomic E-state index is -3.64. The first-order valence-electron chi connectivity index (χ1n) is 5.19. The van der Waals surface area contributed by atoms with Gasteiger partial charge in [0.15, 0.2) is 5.69 Å². The highest BCUT2D eigenvalue weighted by molar-refractivity contribution is 7.89. The van der Waals surface area contributed by atoms with Gasteiger partial charge in [0.05, 0.1) is 11.9 Å². The quantitative estimate of drug-likeness (QED) is 0.899. The van der Waals surface area contributed by atoms with Gasteiger partial charge in [-0.15, -0.1) is 0 Å². The normalized spacial score (nSPS) is 11.3. The third kappa shape index (κ3) is 3.38. The summed E-state index contributed by atoms with van der Waals surface area (Å²) in [7, 11) is -3.64. The van der Waals surface area contributed by atoms with E-state index in [1.165, 1.54) is 35.1 Å². The molecule has 100 valence electrons. The molecule has 1 amide bonds. The van der Waals surface area contributed by atoms with Crippen LogP contribution in [0.2, 0.25) is 0 Å². The lowest BCUT2D eigenvalue weighted by atomic mass is 10.3. The second-order valence-corrected chi connectivity index (χ2v) is 5.58. The van der Waals surface area contributed by atoms with Crippen LogP contribution in [0.5, 0.6) is 0 Å². The van der Waals surface area contributed by atoms with E-state index in [1.807, 2.05) is 0 Å². The van der Waals surface area contributed by atoms with Crippen LogP contribution in [0.1, 0.15) is 10.5 Å². The Kier molecular flexibility index (Phi) is 3.34. The summed E-state index contributed by atoms with van der Waals surface area (Å²) in [5, 5.41) is 3.88. The fourth-order valence-corrected chi connectivity index (χ4v) is 1.87. The Morgan fingerprint density at radius 1 is 1.37 bits per heavy atom. The molecule has 0 spiro atoms. The summed E-state index contributed by atoms with van der Waals surface area (Å²) in [5.41, 5.74) is 0.355. The molecular weight excluding hydrogens is 273 g/mol. The van der Waals surface area contributed by atoms with Gasteiger partial charge in [-0.25, -0.2) is 22.2 Å². The maximum absolute atomic E-state index is 13.0. The molecule has 0 saturated carbocycles. The Balaban J connectivity index is 2.27. The molecule has 0 radical (unpaired) electrons. The van der Waals surface area contributed by atoms with Crippen molar-refractivity contribution in [2.75, 3.05) is 6.26 Å². The second kappa shape index (κ2) is 4.81. The lowest BCUT2D eigenvalue weighted by molar-refractivity contribution is 0.0976. The zero-order valence-corrected chi connectivity index (χ0v) is 10.7. The Bertz CT molecular complexity index is 724. The SMILES string of the molecule is CS(=O)(=O)NC(=O)c1ccn(-c2cccc(F)c2)n1. The average Bonchev–Trinajstić information content (AvgIpc) is 2.75. The molecule has 0 atom stereocenters. The summed E-state index contributed by atoms with van der Waals surface area (Å²) >= 11 is 0. The van der Waals surface area contributed by atoms with Crippen molar-refractivity contribution < 1.29 is 17.6 Å². The van der Waals surface area contributed by atoms with Crippen LogP contribution in [0, 0.1) is 5.82 Å². The van der Waals surface area contributed by atoms with E-state index in [-0.39, 0.29) is 5.69 Å². The Labute approximate surface area is 108 Å². The number of nitrogens with zero attached hydrogens (tertiary/aromatic N) is 2. The summed E-state index contributed by atoms with van der Waals surface area (Å²) in [4.78, 5) is 11.5. The second-order valence-electron chi connectivity index (χ2n) is 3.83. The minimum absolute atomic E-state index is 0.0744. The number of benzene rings is 1. The number of rotatable bonds is 3. The first kappa shape index (κ1) is 13.2. The number of carbonyl (C=O) groups is 1. The van der Waals surface area contributed by atoms with Crippen LogP contribution in [0.3, 0.4) is 0 Å². The van der Waals surface area contributed by atoms with Crippen molar-refractivity contribution in [1.29, 1.82) is 0 Å². The van der Waals surface area contributed by atoms with E-state index in [9.17, 15) is 17.6 Å². The third-order valence-electron chi connectivity index (χ3n) is 2.17. The number of hydrogen-bond donors (Lipinski definition) is 1. The highest BCUT2D eigenvalue weighted by Crippen LogP contribution is 2.09. The Morgan fingerprint density at radius 2 is 2.11 bits per heavy atom. The fraction of sp³-hybridized carbons (Fsp3) is 0.0909. The average molecular weight is 283 g/mol. The molecule has 0 saturated heterocycles. The maximum atomic E-state index is 13.0. The zero-order valence-electron chi connectivity index (χ0n) is 9.87. The molecule has 0 fully saturated rings. The summed E-state index contributed by atoms with van der Waals surface area (Å²) in [6, 6.07) is 6.97. The van der Waals surface area contributed by atoms with E-state index >= 15 is 0 Å². The number of sulfonamides is 1. The van der Waals surface area contributed by atoms with Gasteiger partial charge >= 0.3 is 0 Å². The lowest BCUT2D eigenvalue weighted by Crippen LogP contribution is -2.29. The number of amides is 1. The highest BCUT2D eigenvalue weighted by Gasteiger charge is 2.14. The molecule has 1 aromatic carbocycles. The largest absolute Gasteiger partial charge is 0.285 e. The van der Waals surface area contributed by atoms with Crippen molar-refractivity contribution in [3.8, 4) is 5.69 Å². The van der Waals surface area contributed by atoms with Crippen LogP contribution in [-0.4, -0.2) is 30.4 Å². The summed E-state index contributed by atoms with van der Waals surface area (Å²) in [5.74, 6) is -1.27. The van der Waals surface area contributed by atoms with Crippen molar-refractivity contribution in [2.45, 2.75) is 0 Å². The molecule has 0 aliphatic carbocycles. The number of halogens is 1. The molecule has 2 aromatic rings. The van der Waals surface area contributed by atoms with Crippen LogP contribution in [0.15, 0.2) is 36.5 Å². The number of hydrogen-bond acceptors (Lipinski definition) is 4. The number of carbonyl (C=O) groups excluding carboxylic acids is 1. The van der Waals surface area contributed by atoms with Gasteiger partial charge in [-0.2, -0.15) is 5.10 Å². The molecule has 2 rings (SSSR count). The third-order valence-corrected chi connectivity index (χ3v) is 2.73. The molecule has 6 nitrogen and oxygen atoms in total. The van der Waals surface area contributed by atoms with Crippen molar-refractivity contribution >= 4 is 15.9 Å². The van der Waals surface area contributed by atoms with Gasteiger partial charge in [-0.05, 0) is 24.3 Å². The van der Waals surface area contributed by atoms with E-state index in [0.29, 0.717) is 5.69 Å². The molecule has 1 heterocycles. The van der Waals surface area contributed by atoms with E-state index < -0.39 is 21.7 Å². The molecule has 0 aliphatic rings. The highest BCUT2D eigenvalue weighted by atomic mass is 32.2. The van der Waals surface area contributed by atoms with Crippen LogP contribution in [0.4, 0.5) is 4.39 Å². The van der Waals surface area contributed by atoms with E-state index in [2.05, 4.69) is 5.10 Å². The molecule has 19 heavy (non-hydrogen) atoms. The lowest BCUT2D eigenvalue weighted by Gasteiger charge is -2.01. The predicted octanol–water partition coefficient (Wildman–Crippen LogP) is 0.701. The van der Waals surface area contributed by atoms with Crippen LogP contribution in [-0.2, 0) is 10.0 Å². The van der Waals surface area contributed by atoms with Crippen LogP contribution < -0.4 is 4.72 Å². The van der Waals surface area contributed by atoms with Gasteiger partial charge in [0.25, 0.3) is 5.91 Å². The summed E-state index contributed by atoms with van der Waals surface area (Å²) < 4.78 is 38.0. The van der Waals surface area contributed by atoms with Crippen molar-refractivity contribution in [2.24, 2.45) is 0 Å². The topological polar surface area (TPSA) is 81.1 Å². The van der Waals surface area contributed by atoms with Crippen LogP contribution >= 0.6 is 0 Å². The van der Waals surface area contributed by atoms with Gasteiger partial charge in [-0.3, -0.25) is 4.79 Å². The molecule has 0 aliphatic heterocycles. The van der Waals surface area contributed by atoms with Gasteiger partial charge in [-0.1, -0.05) is 6.07 Å². The van der Waals surface area contributed by atoms with Gasteiger partial charge in [0, 0.05) is 6.20 Å². The standard InChI is InChI=1S/C11H10FN3O3S/c1-19(17,18)14-11(16)10-5-6-15(13-10)9-4-2-3-8(12)7-9/h2-7H,1H3,(H,14,16). The van der Waals surface area contributed by atoms with Gasteiger partial charge in [0.2, 0.25) is 10.0 Å². The van der Waals surface area contributed by atoms with E-state index in [0.717, 1.165) is 6.26 Å². The van der Waals surface area contributed by atoms with Gasteiger partial charge < -0.3 is 0 Å². The van der Waals surface area contributed by atoms with Gasteiger partial charge in [0.1, 0.15) is 5.82 Å². The Morgan fingerprint density at radius 3 is 2.74 bits per heavy atom. The van der Waals surface area contributed by atoms with Crippen molar-refractivity contribution in [3.63, 3.8) is 0 Å². The smallest absolute Gasteiger partial charge is 0.266 e. The number of aromatic nitrogens is 2. The van der Waals surface area contributed by atoms with E-state index in [1.54, 1.807) is 10.8 Å². The van der Waals surface area contributed by atoms with Crippen molar-refractivity contribution in [1.82, 2.24) is 14.5 Å². The van der Waals surface area contributed by atoms with Crippen molar-refractivity contribution in [3.05, 3.63) is 48.0 Å². The summed E-state index contributed by atoms with van der Waals surface area (Å²) in [6.45, 7) is 0. The molecule has 1 aromatic heterocycles. The summed E-state index contributed by atoms with van der Waals surface area (Å²) in [6.07, 6.45) is 2.31. The minimum Gasteiger partial charge on any atom is -0.266 e. The molecular formula is C11H10FN3O3S. The monoisotopic (exact) mass is 283 g/mol. The predicted molar refractivity (Wildman–Crippen MR) is 65.8 cm³/mol. The fourth-order valence-electron chi connectivity index (χ4n) is 1.43. The maximum Gasteiger partial charge on any atom is 0.285 e. The molecule has 8 heteroatoms. The molecule has 0 bridgehead atoms. The van der Waals surface area contributed by atoms with Crippen LogP contribution in [0.25, 0.3) is 5.69 Å². The number of nitrogens with one attached hydrogen (secondary N) is 1. The molecule has 0 unspecified atom stereocenters. The first-order valence-corrected chi connectivity index (χ1v) is 7.08. The zero-order chi connectivity index (χ0) is 14.0. The first-order chi connectivity index (χ1) is 8.85. The Hall–Kier alpha value is -2.22. The van der Waals surface area contributed by atoms with E-state index in [4.69, 9.17) is 0 Å².